The molecule has 2 aromatic carbocycles. The molecule has 0 spiro atoms. The van der Waals surface area contributed by atoms with Crippen LogP contribution in [0.1, 0.15) is 52.2 Å². The minimum absolute atomic E-state index is 0.00349. The van der Waals surface area contributed by atoms with Gasteiger partial charge in [0.2, 0.25) is 0 Å². The number of aromatic amines is 1. The number of amides is 1. The van der Waals surface area contributed by atoms with Gasteiger partial charge in [0.1, 0.15) is 6.10 Å². The number of hydrogen-bond acceptors (Lipinski definition) is 6. The van der Waals surface area contributed by atoms with E-state index in [1.165, 1.54) is 5.56 Å². The summed E-state index contributed by atoms with van der Waals surface area (Å²) < 4.78 is 11.2. The monoisotopic (exact) mass is 475 g/mol. The van der Waals surface area contributed by atoms with Crippen LogP contribution in [0.4, 0.5) is 5.69 Å². The van der Waals surface area contributed by atoms with Crippen LogP contribution in [0, 0.1) is 13.8 Å². The molecular weight excluding hydrogens is 442 g/mol. The highest BCUT2D eigenvalue weighted by Gasteiger charge is 2.26. The Labute approximate surface area is 206 Å². The van der Waals surface area contributed by atoms with Crippen LogP contribution in [0.25, 0.3) is 11.4 Å². The summed E-state index contributed by atoms with van der Waals surface area (Å²) in [6.07, 6.45) is 2.78. The number of piperidine rings is 1. The molecule has 1 amide bonds. The number of ether oxygens (including phenoxy) is 2. The molecule has 2 N–H and O–H groups in total. The van der Waals surface area contributed by atoms with Crippen molar-refractivity contribution in [3.05, 3.63) is 58.7 Å². The van der Waals surface area contributed by atoms with Gasteiger partial charge in [0.25, 0.3) is 5.91 Å². The summed E-state index contributed by atoms with van der Waals surface area (Å²) in [5.41, 5.74) is 6.05. The van der Waals surface area contributed by atoms with Crippen molar-refractivity contribution in [1.29, 1.82) is 0 Å². The summed E-state index contributed by atoms with van der Waals surface area (Å²) in [6, 6.07) is 13.0. The number of H-pyrrole nitrogens is 1. The third kappa shape index (κ3) is 5.03. The van der Waals surface area contributed by atoms with Crippen LogP contribution in [-0.4, -0.2) is 65.4 Å². The highest BCUT2D eigenvalue weighted by molar-refractivity contribution is 5.97. The molecule has 1 unspecified atom stereocenters. The highest BCUT2D eigenvalue weighted by Crippen LogP contribution is 2.31. The van der Waals surface area contributed by atoms with Crippen LogP contribution in [0.2, 0.25) is 0 Å². The van der Waals surface area contributed by atoms with Crippen molar-refractivity contribution >= 4 is 11.6 Å². The molecule has 2 fully saturated rings. The lowest BCUT2D eigenvalue weighted by Gasteiger charge is -2.33. The fourth-order valence-electron chi connectivity index (χ4n) is 5.03. The zero-order valence-electron chi connectivity index (χ0n) is 20.6. The Bertz CT molecular complexity index is 1180. The first-order valence-corrected chi connectivity index (χ1v) is 12.4. The van der Waals surface area contributed by atoms with Gasteiger partial charge in [-0.25, -0.2) is 0 Å². The highest BCUT2D eigenvalue weighted by atomic mass is 16.6. The number of benzene rings is 2. The molecule has 1 aromatic heterocycles. The Morgan fingerprint density at radius 1 is 1.09 bits per heavy atom. The molecule has 3 aromatic rings. The van der Waals surface area contributed by atoms with Gasteiger partial charge in [0, 0.05) is 43.4 Å². The number of likely N-dealkylation sites (tertiary alicyclic amines) is 1. The number of rotatable bonds is 6. The van der Waals surface area contributed by atoms with E-state index in [0.717, 1.165) is 54.7 Å². The Kier molecular flexibility index (Phi) is 6.72. The van der Waals surface area contributed by atoms with Gasteiger partial charge in [-0.3, -0.25) is 9.78 Å². The van der Waals surface area contributed by atoms with Gasteiger partial charge in [-0.2, -0.15) is 0 Å². The van der Waals surface area contributed by atoms with Gasteiger partial charge in [0.15, 0.2) is 5.82 Å². The van der Waals surface area contributed by atoms with Crippen LogP contribution >= 0.6 is 0 Å². The van der Waals surface area contributed by atoms with E-state index >= 15 is 0 Å². The number of carbonyl (C=O) groups excluding carboxylic acids is 1. The molecule has 0 bridgehead atoms. The topological polar surface area (TPSA) is 92.4 Å². The molecule has 2 aliphatic heterocycles. The summed E-state index contributed by atoms with van der Waals surface area (Å²) in [7, 11) is 1.93. The first kappa shape index (κ1) is 23.4. The largest absolute Gasteiger partial charge is 0.458 e. The lowest BCUT2D eigenvalue weighted by Crippen LogP contribution is -2.38. The first-order chi connectivity index (χ1) is 17.0. The van der Waals surface area contributed by atoms with Gasteiger partial charge < -0.3 is 19.7 Å². The molecule has 2 aliphatic rings. The maximum Gasteiger partial charge on any atom is 0.314 e. The maximum absolute atomic E-state index is 13.5. The maximum atomic E-state index is 13.5. The van der Waals surface area contributed by atoms with Crippen molar-refractivity contribution in [2.45, 2.75) is 45.1 Å². The lowest BCUT2D eigenvalue weighted by atomic mass is 9.89. The summed E-state index contributed by atoms with van der Waals surface area (Å²) in [5, 5.41) is 11.6. The van der Waals surface area contributed by atoms with Gasteiger partial charge in [-0.1, -0.05) is 23.3 Å². The van der Waals surface area contributed by atoms with E-state index in [9.17, 15) is 4.79 Å². The molecule has 184 valence electrons. The average Bonchev–Trinajstić information content (AvgIpc) is 3.57. The van der Waals surface area contributed by atoms with E-state index in [2.05, 4.69) is 44.8 Å². The third-order valence-corrected chi connectivity index (χ3v) is 7.14. The van der Waals surface area contributed by atoms with E-state index in [4.69, 9.17) is 9.47 Å². The van der Waals surface area contributed by atoms with Crippen molar-refractivity contribution in [3.8, 4) is 17.4 Å². The molecule has 5 rings (SSSR count). The number of aromatic nitrogens is 3. The normalized spacial score (nSPS) is 18.6. The molecule has 1 atom stereocenters. The second-order valence-electron chi connectivity index (χ2n) is 9.50. The van der Waals surface area contributed by atoms with Crippen molar-refractivity contribution < 1.29 is 14.3 Å². The number of nitrogens with zero attached hydrogens (tertiary/aromatic N) is 3. The predicted octanol–water partition coefficient (Wildman–Crippen LogP) is 4.32. The second-order valence-corrected chi connectivity index (χ2v) is 9.50. The number of aryl methyl sites for hydroxylation is 2. The van der Waals surface area contributed by atoms with Gasteiger partial charge >= 0.3 is 6.01 Å². The Balaban J connectivity index is 1.29. The van der Waals surface area contributed by atoms with Gasteiger partial charge in [-0.15, -0.1) is 5.10 Å². The number of carbonyl (C=O) groups is 1. The molecule has 3 heterocycles. The van der Waals surface area contributed by atoms with Gasteiger partial charge in [0.05, 0.1) is 13.2 Å². The standard InChI is InChI=1S/C27H33N5O3/c1-17-14-18(2)24(15-23(17)25-29-27(31-30-25)35-22-10-13-34-16-22)26(33)32-11-8-20(9-12-32)19-4-6-21(28-3)7-5-19/h4-7,14-15,20,22,28H,8-13,16H2,1-3H3,(H,29,30,31). The number of nitrogens with one attached hydrogen (secondary N) is 2. The smallest absolute Gasteiger partial charge is 0.314 e. The molecule has 8 heteroatoms. The van der Waals surface area contributed by atoms with Crippen molar-refractivity contribution in [2.24, 2.45) is 0 Å². The fourth-order valence-corrected chi connectivity index (χ4v) is 5.03. The van der Waals surface area contributed by atoms with E-state index in [1.54, 1.807) is 0 Å². The Morgan fingerprint density at radius 2 is 1.86 bits per heavy atom. The molecule has 0 radical (unpaired) electrons. The van der Waals surface area contributed by atoms with E-state index < -0.39 is 0 Å². The minimum atomic E-state index is -0.00349. The van der Waals surface area contributed by atoms with Crippen LogP contribution in [0.15, 0.2) is 36.4 Å². The zero-order chi connectivity index (χ0) is 24.4. The first-order valence-electron chi connectivity index (χ1n) is 12.4. The lowest BCUT2D eigenvalue weighted by molar-refractivity contribution is 0.0712. The SMILES string of the molecule is CNc1ccc(C2CCN(C(=O)c3cc(-c4nnc(OC5CCOC5)[nH]4)c(C)cc3C)CC2)cc1. The van der Waals surface area contributed by atoms with Crippen molar-refractivity contribution in [2.75, 3.05) is 38.7 Å². The summed E-state index contributed by atoms with van der Waals surface area (Å²) >= 11 is 0. The summed E-state index contributed by atoms with van der Waals surface area (Å²) in [6.45, 7) is 6.79. The Hall–Kier alpha value is -3.39. The molecule has 0 aliphatic carbocycles. The molecule has 35 heavy (non-hydrogen) atoms. The number of hydrogen-bond donors (Lipinski definition) is 2. The van der Waals surface area contributed by atoms with E-state index in [0.29, 0.717) is 36.5 Å². The fraction of sp³-hybridized carbons (Fsp3) is 0.444. The van der Waals surface area contributed by atoms with E-state index in [-0.39, 0.29) is 12.0 Å². The molecule has 2 saturated heterocycles. The summed E-state index contributed by atoms with van der Waals surface area (Å²) in [4.78, 5) is 18.7. The third-order valence-electron chi connectivity index (χ3n) is 7.14. The van der Waals surface area contributed by atoms with Crippen LogP contribution in [0.5, 0.6) is 6.01 Å². The molecule has 8 nitrogen and oxygen atoms in total. The van der Waals surface area contributed by atoms with Gasteiger partial charge in [-0.05, 0) is 67.5 Å². The minimum Gasteiger partial charge on any atom is -0.458 e. The molecular formula is C27H33N5O3. The second kappa shape index (κ2) is 10.1. The van der Waals surface area contributed by atoms with Crippen LogP contribution in [0.3, 0.4) is 0 Å². The quantitative estimate of drug-likeness (QED) is 0.552. The average molecular weight is 476 g/mol. The predicted molar refractivity (Wildman–Crippen MR) is 135 cm³/mol. The zero-order valence-corrected chi connectivity index (χ0v) is 20.6. The molecule has 0 saturated carbocycles. The van der Waals surface area contributed by atoms with E-state index in [1.807, 2.05) is 37.9 Å². The summed E-state index contributed by atoms with van der Waals surface area (Å²) in [5.74, 6) is 1.17. The van der Waals surface area contributed by atoms with Crippen molar-refractivity contribution in [3.63, 3.8) is 0 Å². The Morgan fingerprint density at radius 3 is 2.54 bits per heavy atom. The van der Waals surface area contributed by atoms with Crippen molar-refractivity contribution in [1.82, 2.24) is 20.1 Å². The van der Waals surface area contributed by atoms with Crippen LogP contribution < -0.4 is 10.1 Å². The van der Waals surface area contributed by atoms with Crippen LogP contribution in [-0.2, 0) is 4.74 Å². The number of anilines is 1.